The molecule has 1 saturated heterocycles. The highest BCUT2D eigenvalue weighted by molar-refractivity contribution is 7.89. The van der Waals surface area contributed by atoms with Gasteiger partial charge in [-0.15, -0.1) is 0 Å². The molecule has 3 N–H and O–H groups in total. The molecule has 0 radical (unpaired) electrons. The fourth-order valence-electron chi connectivity index (χ4n) is 2.38. The Morgan fingerprint density at radius 3 is 2.55 bits per heavy atom. The number of hydrogen-bond acceptors (Lipinski definition) is 4. The summed E-state index contributed by atoms with van der Waals surface area (Å²) >= 11 is 0. The maximum Gasteiger partial charge on any atom is 0.243 e. The minimum absolute atomic E-state index is 0.147. The summed E-state index contributed by atoms with van der Waals surface area (Å²) in [5, 5.41) is 9.85. The zero-order valence-electron chi connectivity index (χ0n) is 11.7. The van der Waals surface area contributed by atoms with E-state index in [1.165, 1.54) is 4.31 Å². The van der Waals surface area contributed by atoms with Gasteiger partial charge >= 0.3 is 0 Å². The van der Waals surface area contributed by atoms with Crippen LogP contribution in [0.1, 0.15) is 18.9 Å². The fraction of sp³-hybridized carbons (Fsp3) is 0.571. The van der Waals surface area contributed by atoms with Crippen LogP contribution in [-0.4, -0.2) is 43.6 Å². The number of aliphatic hydroxyl groups excluding tert-OH is 1. The molecule has 1 aliphatic heterocycles. The Morgan fingerprint density at radius 1 is 1.35 bits per heavy atom. The summed E-state index contributed by atoms with van der Waals surface area (Å²) in [6.07, 6.45) is 0.835. The second kappa shape index (κ2) is 6.22. The first-order valence-corrected chi connectivity index (χ1v) is 8.36. The predicted octanol–water partition coefficient (Wildman–Crippen LogP) is 0.579. The average molecular weight is 298 g/mol. The van der Waals surface area contributed by atoms with Crippen LogP contribution in [0.2, 0.25) is 0 Å². The zero-order valence-corrected chi connectivity index (χ0v) is 12.5. The quantitative estimate of drug-likeness (QED) is 0.851. The number of piperidine rings is 1. The van der Waals surface area contributed by atoms with E-state index in [-0.39, 0.29) is 17.4 Å². The monoisotopic (exact) mass is 298 g/mol. The Morgan fingerprint density at radius 2 is 2.00 bits per heavy atom. The number of nitrogens with zero attached hydrogens (tertiary/aromatic N) is 1. The molecule has 1 heterocycles. The first-order chi connectivity index (χ1) is 9.45. The second-order valence-electron chi connectivity index (χ2n) is 5.38. The van der Waals surface area contributed by atoms with Gasteiger partial charge in [0.2, 0.25) is 10.0 Å². The molecule has 0 amide bonds. The molecule has 2 rings (SSSR count). The van der Waals surface area contributed by atoms with Crippen LogP contribution in [0.4, 0.5) is 0 Å². The lowest BCUT2D eigenvalue weighted by molar-refractivity contribution is 0.0605. The molecule has 1 aromatic carbocycles. The van der Waals surface area contributed by atoms with Crippen molar-refractivity contribution in [3.63, 3.8) is 0 Å². The molecular weight excluding hydrogens is 276 g/mol. The molecule has 112 valence electrons. The van der Waals surface area contributed by atoms with E-state index in [9.17, 15) is 13.5 Å². The molecule has 1 aliphatic rings. The Hall–Kier alpha value is -0.950. The third-order valence-electron chi connectivity index (χ3n) is 3.88. The molecule has 1 aromatic rings. The van der Waals surface area contributed by atoms with Gasteiger partial charge in [0.15, 0.2) is 0 Å². The minimum Gasteiger partial charge on any atom is -0.391 e. The van der Waals surface area contributed by atoms with E-state index in [1.807, 2.05) is 6.92 Å². The van der Waals surface area contributed by atoms with E-state index in [2.05, 4.69) is 0 Å². The maximum absolute atomic E-state index is 12.5. The van der Waals surface area contributed by atoms with Crippen molar-refractivity contribution in [3.8, 4) is 0 Å². The van der Waals surface area contributed by atoms with Gasteiger partial charge in [-0.3, -0.25) is 0 Å². The average Bonchev–Trinajstić information content (AvgIpc) is 2.43. The van der Waals surface area contributed by atoms with Gasteiger partial charge in [0.25, 0.3) is 0 Å². The van der Waals surface area contributed by atoms with Gasteiger partial charge in [-0.05, 0) is 43.0 Å². The van der Waals surface area contributed by atoms with Crippen molar-refractivity contribution in [2.24, 2.45) is 11.7 Å². The van der Waals surface area contributed by atoms with Crippen molar-refractivity contribution >= 4 is 10.0 Å². The third-order valence-corrected chi connectivity index (χ3v) is 5.75. The van der Waals surface area contributed by atoms with Crippen LogP contribution in [0.5, 0.6) is 0 Å². The molecule has 0 spiro atoms. The highest BCUT2D eigenvalue weighted by Gasteiger charge is 2.32. The lowest BCUT2D eigenvalue weighted by atomic mass is 9.98. The van der Waals surface area contributed by atoms with Crippen LogP contribution >= 0.6 is 0 Å². The number of aliphatic hydroxyl groups is 1. The lowest BCUT2D eigenvalue weighted by Gasteiger charge is -2.33. The number of rotatable bonds is 4. The summed E-state index contributed by atoms with van der Waals surface area (Å²) in [5.41, 5.74) is 6.50. The van der Waals surface area contributed by atoms with E-state index in [1.54, 1.807) is 24.3 Å². The van der Waals surface area contributed by atoms with Crippen LogP contribution in [0.15, 0.2) is 29.2 Å². The number of β-amino-alcohol motifs (C(OH)–C–C–N with tert-alkyl or cyclic N) is 1. The summed E-state index contributed by atoms with van der Waals surface area (Å²) in [6.45, 7) is 3.12. The van der Waals surface area contributed by atoms with E-state index in [4.69, 9.17) is 5.73 Å². The second-order valence-corrected chi connectivity index (χ2v) is 7.32. The molecule has 1 fully saturated rings. The minimum atomic E-state index is -3.51. The molecule has 5 nitrogen and oxygen atoms in total. The van der Waals surface area contributed by atoms with Crippen molar-refractivity contribution in [3.05, 3.63) is 29.8 Å². The van der Waals surface area contributed by atoms with Gasteiger partial charge in [0, 0.05) is 13.1 Å². The molecular formula is C14H22N2O3S. The third kappa shape index (κ3) is 3.20. The fourth-order valence-corrected chi connectivity index (χ4v) is 3.85. The summed E-state index contributed by atoms with van der Waals surface area (Å²) in [4.78, 5) is 0.278. The molecule has 0 aromatic heterocycles. The van der Waals surface area contributed by atoms with Crippen LogP contribution in [0, 0.1) is 5.92 Å². The highest BCUT2D eigenvalue weighted by atomic mass is 32.2. The first-order valence-electron chi connectivity index (χ1n) is 6.92. The van der Waals surface area contributed by atoms with Crippen molar-refractivity contribution in [2.45, 2.75) is 30.8 Å². The van der Waals surface area contributed by atoms with Gasteiger partial charge in [-0.2, -0.15) is 4.31 Å². The van der Waals surface area contributed by atoms with E-state index >= 15 is 0 Å². The van der Waals surface area contributed by atoms with E-state index in [0.29, 0.717) is 19.5 Å². The van der Waals surface area contributed by atoms with Crippen molar-refractivity contribution in [1.82, 2.24) is 4.31 Å². The van der Waals surface area contributed by atoms with Crippen molar-refractivity contribution < 1.29 is 13.5 Å². The maximum atomic E-state index is 12.5. The van der Waals surface area contributed by atoms with Crippen LogP contribution < -0.4 is 5.73 Å². The number of sulfonamides is 1. The number of benzene rings is 1. The largest absolute Gasteiger partial charge is 0.391 e. The molecule has 0 bridgehead atoms. The van der Waals surface area contributed by atoms with Gasteiger partial charge in [0.05, 0.1) is 11.0 Å². The van der Waals surface area contributed by atoms with Crippen molar-refractivity contribution in [2.75, 3.05) is 19.6 Å². The Labute approximate surface area is 120 Å². The zero-order chi connectivity index (χ0) is 14.8. The van der Waals surface area contributed by atoms with Gasteiger partial charge in [0.1, 0.15) is 0 Å². The smallest absolute Gasteiger partial charge is 0.243 e. The molecule has 2 unspecified atom stereocenters. The predicted molar refractivity (Wildman–Crippen MR) is 77.7 cm³/mol. The number of nitrogens with two attached hydrogens (primary N) is 1. The molecule has 0 saturated carbocycles. The van der Waals surface area contributed by atoms with E-state index < -0.39 is 16.1 Å². The molecule has 6 heteroatoms. The summed E-state index contributed by atoms with van der Waals surface area (Å²) < 4.78 is 26.4. The SMILES string of the molecule is CC1CCN(S(=O)(=O)c2ccc(CCN)cc2)CC1O. The lowest BCUT2D eigenvalue weighted by Crippen LogP contribution is -2.45. The van der Waals surface area contributed by atoms with E-state index in [0.717, 1.165) is 12.0 Å². The summed E-state index contributed by atoms with van der Waals surface area (Å²) in [5.74, 6) is 0.147. The Balaban J connectivity index is 2.17. The Kier molecular flexibility index (Phi) is 4.80. The highest BCUT2D eigenvalue weighted by Crippen LogP contribution is 2.24. The van der Waals surface area contributed by atoms with Gasteiger partial charge in [-0.25, -0.2) is 8.42 Å². The van der Waals surface area contributed by atoms with Gasteiger partial charge < -0.3 is 10.8 Å². The van der Waals surface area contributed by atoms with Gasteiger partial charge in [-0.1, -0.05) is 19.1 Å². The summed E-state index contributed by atoms with van der Waals surface area (Å²) in [6, 6.07) is 6.82. The Bertz CT molecular complexity index is 542. The van der Waals surface area contributed by atoms with Crippen molar-refractivity contribution in [1.29, 1.82) is 0 Å². The van der Waals surface area contributed by atoms with Crippen LogP contribution in [-0.2, 0) is 16.4 Å². The molecule has 2 atom stereocenters. The molecule has 20 heavy (non-hydrogen) atoms. The van der Waals surface area contributed by atoms with Crippen LogP contribution in [0.25, 0.3) is 0 Å². The topological polar surface area (TPSA) is 83.6 Å². The van der Waals surface area contributed by atoms with Crippen LogP contribution in [0.3, 0.4) is 0 Å². The standard InChI is InChI=1S/C14H22N2O3S/c1-11-7-9-16(10-14(11)17)20(18,19)13-4-2-12(3-5-13)6-8-15/h2-5,11,14,17H,6-10,15H2,1H3. The number of hydrogen-bond donors (Lipinski definition) is 2. The normalized spacial score (nSPS) is 24.8. The first kappa shape index (κ1) is 15.4. The molecule has 0 aliphatic carbocycles. The summed E-state index contributed by atoms with van der Waals surface area (Å²) in [7, 11) is -3.51.